The monoisotopic (exact) mass is 421 g/mol. The summed E-state index contributed by atoms with van der Waals surface area (Å²) in [5.41, 5.74) is 6.44. The lowest BCUT2D eigenvalue weighted by Gasteiger charge is -2.16. The SMILES string of the molecule is CCCCOP(=O)(O)O.Nc1ncnc2c1ncn2[C@@H]1O[C@H](CO)[C@@H](O)[C@H]1O. The number of aliphatic hydroxyl groups excluding tert-OH is 3. The summed E-state index contributed by atoms with van der Waals surface area (Å²) < 4.78 is 21.0. The predicted molar refractivity (Wildman–Crippen MR) is 95.6 cm³/mol. The largest absolute Gasteiger partial charge is 0.469 e. The zero-order valence-electron chi connectivity index (χ0n) is 15.1. The molecule has 14 heteroatoms. The number of ether oxygens (including phenoxy) is 1. The van der Waals surface area contributed by atoms with E-state index in [0.29, 0.717) is 17.6 Å². The van der Waals surface area contributed by atoms with Gasteiger partial charge in [-0.1, -0.05) is 13.3 Å². The number of anilines is 1. The highest BCUT2D eigenvalue weighted by Gasteiger charge is 2.43. The lowest BCUT2D eigenvalue weighted by atomic mass is 10.1. The molecule has 0 unspecified atom stereocenters. The lowest BCUT2D eigenvalue weighted by molar-refractivity contribution is -0.0511. The minimum atomic E-state index is -4.20. The van der Waals surface area contributed by atoms with E-state index in [1.54, 1.807) is 0 Å². The van der Waals surface area contributed by atoms with Gasteiger partial charge in [0.1, 0.15) is 30.2 Å². The van der Waals surface area contributed by atoms with Gasteiger partial charge in [-0.2, -0.15) is 0 Å². The number of nitrogens with two attached hydrogens (primary N) is 1. The first-order valence-electron chi connectivity index (χ1n) is 8.45. The Morgan fingerprint density at radius 2 is 2.00 bits per heavy atom. The van der Waals surface area contributed by atoms with Crippen LogP contribution in [0.15, 0.2) is 12.7 Å². The van der Waals surface area contributed by atoms with Crippen LogP contribution in [0, 0.1) is 0 Å². The van der Waals surface area contributed by atoms with Crippen molar-refractivity contribution >= 4 is 24.8 Å². The van der Waals surface area contributed by atoms with E-state index in [0.717, 1.165) is 6.42 Å². The van der Waals surface area contributed by atoms with Crippen LogP contribution >= 0.6 is 7.82 Å². The first-order valence-corrected chi connectivity index (χ1v) is 9.98. The molecule has 7 N–H and O–H groups in total. The van der Waals surface area contributed by atoms with E-state index >= 15 is 0 Å². The molecule has 0 aromatic carbocycles. The van der Waals surface area contributed by atoms with E-state index < -0.39 is 39.0 Å². The molecule has 28 heavy (non-hydrogen) atoms. The van der Waals surface area contributed by atoms with Gasteiger partial charge < -0.3 is 35.6 Å². The first-order chi connectivity index (χ1) is 13.2. The van der Waals surface area contributed by atoms with E-state index in [-0.39, 0.29) is 12.4 Å². The van der Waals surface area contributed by atoms with Gasteiger partial charge in [-0.25, -0.2) is 19.5 Å². The number of hydrogen-bond acceptors (Lipinski definition) is 10. The number of unbranched alkanes of at least 4 members (excludes halogenated alkanes) is 1. The Morgan fingerprint density at radius 1 is 1.29 bits per heavy atom. The number of aliphatic hydroxyl groups is 3. The van der Waals surface area contributed by atoms with Gasteiger partial charge in [0.2, 0.25) is 0 Å². The quantitative estimate of drug-likeness (QED) is 0.243. The van der Waals surface area contributed by atoms with Gasteiger partial charge in [0, 0.05) is 0 Å². The van der Waals surface area contributed by atoms with Gasteiger partial charge in [0.05, 0.1) is 19.5 Å². The van der Waals surface area contributed by atoms with Crippen LogP contribution in [0.25, 0.3) is 11.2 Å². The third-order valence-corrected chi connectivity index (χ3v) is 4.45. The fourth-order valence-corrected chi connectivity index (χ4v) is 2.86. The van der Waals surface area contributed by atoms with E-state index in [1.165, 1.54) is 17.2 Å². The average molecular weight is 421 g/mol. The zero-order valence-corrected chi connectivity index (χ0v) is 16.0. The topological polar surface area (TPSA) is 206 Å². The maximum atomic E-state index is 9.98. The summed E-state index contributed by atoms with van der Waals surface area (Å²) >= 11 is 0. The van der Waals surface area contributed by atoms with Crippen LogP contribution < -0.4 is 5.73 Å². The summed E-state index contributed by atoms with van der Waals surface area (Å²) in [5, 5.41) is 28.7. The van der Waals surface area contributed by atoms with Crippen molar-refractivity contribution in [1.82, 2.24) is 19.5 Å². The smallest absolute Gasteiger partial charge is 0.394 e. The summed E-state index contributed by atoms with van der Waals surface area (Å²) in [6.07, 6.45) is 0.138. The molecule has 1 aliphatic heterocycles. The van der Waals surface area contributed by atoms with E-state index in [1.807, 2.05) is 6.92 Å². The predicted octanol–water partition coefficient (Wildman–Crippen LogP) is -1.08. The Labute approximate surface area is 160 Å². The molecule has 13 nitrogen and oxygen atoms in total. The fraction of sp³-hybridized carbons (Fsp3) is 0.643. The van der Waals surface area contributed by atoms with Gasteiger partial charge >= 0.3 is 7.82 Å². The summed E-state index contributed by atoms with van der Waals surface area (Å²) in [5.74, 6) is 0.218. The molecule has 2 aromatic heterocycles. The highest BCUT2D eigenvalue weighted by atomic mass is 31.2. The number of phosphoric acid groups is 1. The molecule has 3 rings (SSSR count). The molecular weight excluding hydrogens is 397 g/mol. The molecule has 0 bridgehead atoms. The van der Waals surface area contributed by atoms with Crippen LogP contribution in [-0.2, 0) is 13.8 Å². The van der Waals surface area contributed by atoms with Crippen LogP contribution in [0.4, 0.5) is 5.82 Å². The molecule has 0 saturated carbocycles. The zero-order chi connectivity index (χ0) is 20.9. The number of hydrogen-bond donors (Lipinski definition) is 6. The third-order valence-electron chi connectivity index (χ3n) is 3.94. The molecule has 1 saturated heterocycles. The van der Waals surface area contributed by atoms with Crippen molar-refractivity contribution in [2.75, 3.05) is 18.9 Å². The number of fused-ring (bicyclic) bond motifs is 1. The van der Waals surface area contributed by atoms with Crippen LogP contribution in [0.2, 0.25) is 0 Å². The first kappa shape index (κ1) is 22.6. The standard InChI is InChI=1S/C10H13N5O4.C4H11O4P/c11-8-5-9(13-2-12-8)15(3-14-5)10-7(18)6(17)4(1-16)19-10;1-2-3-4-8-9(5,6)7/h2-4,6-7,10,16-18H,1H2,(H2,11,12,13);2-4H2,1H3,(H2,5,6,7)/t4-,6-,7-,10-;/m1./s1. The second-order valence-electron chi connectivity index (χ2n) is 5.99. The second kappa shape index (κ2) is 9.67. The van der Waals surface area contributed by atoms with E-state index in [4.69, 9.17) is 25.4 Å². The fourth-order valence-electron chi connectivity index (χ4n) is 2.49. The van der Waals surface area contributed by atoms with Gasteiger partial charge in [0.15, 0.2) is 17.7 Å². The number of rotatable bonds is 6. The van der Waals surface area contributed by atoms with Crippen LogP contribution in [0.5, 0.6) is 0 Å². The number of nitrogens with zero attached hydrogens (tertiary/aromatic N) is 4. The maximum absolute atomic E-state index is 9.98. The normalized spacial score (nSPS) is 24.9. The molecule has 4 atom stereocenters. The molecular formula is C14H24N5O8P. The Morgan fingerprint density at radius 3 is 2.57 bits per heavy atom. The Bertz CT molecular complexity index is 814. The Balaban J connectivity index is 0.000000266. The molecule has 158 valence electrons. The number of nitrogen functional groups attached to an aromatic ring is 1. The number of aromatic nitrogens is 4. The van der Waals surface area contributed by atoms with Crippen molar-refractivity contribution < 1.29 is 38.9 Å². The molecule has 3 heterocycles. The highest BCUT2D eigenvalue weighted by Crippen LogP contribution is 2.35. The van der Waals surface area contributed by atoms with Gasteiger partial charge in [0.25, 0.3) is 0 Å². The molecule has 2 aromatic rings. The molecule has 0 radical (unpaired) electrons. The number of imidazole rings is 1. The van der Waals surface area contributed by atoms with Crippen LogP contribution in [0.1, 0.15) is 26.0 Å². The van der Waals surface area contributed by atoms with E-state index in [2.05, 4.69) is 19.5 Å². The van der Waals surface area contributed by atoms with Crippen molar-refractivity contribution in [2.45, 2.75) is 44.3 Å². The van der Waals surface area contributed by atoms with Crippen molar-refractivity contribution in [2.24, 2.45) is 0 Å². The van der Waals surface area contributed by atoms with Gasteiger partial charge in [-0.3, -0.25) is 9.09 Å². The third kappa shape index (κ3) is 5.43. The van der Waals surface area contributed by atoms with Crippen molar-refractivity contribution in [1.29, 1.82) is 0 Å². The van der Waals surface area contributed by atoms with Gasteiger partial charge in [-0.05, 0) is 6.42 Å². The summed E-state index contributed by atoms with van der Waals surface area (Å²) in [6.45, 7) is 1.67. The molecule has 0 amide bonds. The van der Waals surface area contributed by atoms with Crippen molar-refractivity contribution in [3.63, 3.8) is 0 Å². The van der Waals surface area contributed by atoms with Crippen molar-refractivity contribution in [3.05, 3.63) is 12.7 Å². The average Bonchev–Trinajstić information content (AvgIpc) is 3.18. The minimum Gasteiger partial charge on any atom is -0.394 e. The van der Waals surface area contributed by atoms with Crippen molar-refractivity contribution in [3.8, 4) is 0 Å². The Kier molecular flexibility index (Phi) is 7.80. The second-order valence-corrected chi connectivity index (χ2v) is 7.23. The maximum Gasteiger partial charge on any atom is 0.469 e. The molecule has 0 aliphatic carbocycles. The Hall–Kier alpha value is -1.70. The minimum absolute atomic E-state index is 0.140. The van der Waals surface area contributed by atoms with Crippen LogP contribution in [-0.4, -0.2) is 76.2 Å². The van der Waals surface area contributed by atoms with Crippen LogP contribution in [0.3, 0.4) is 0 Å². The molecule has 1 fully saturated rings. The number of phosphoric ester groups is 1. The summed E-state index contributed by atoms with van der Waals surface area (Å²) in [6, 6.07) is 0. The van der Waals surface area contributed by atoms with E-state index in [9.17, 15) is 14.8 Å². The molecule has 1 aliphatic rings. The van der Waals surface area contributed by atoms with Gasteiger partial charge in [-0.15, -0.1) is 0 Å². The summed E-state index contributed by atoms with van der Waals surface area (Å²) in [4.78, 5) is 28.2. The lowest BCUT2D eigenvalue weighted by Crippen LogP contribution is -2.33. The highest BCUT2D eigenvalue weighted by molar-refractivity contribution is 7.46. The molecule has 0 spiro atoms. The summed E-state index contributed by atoms with van der Waals surface area (Å²) in [7, 11) is -4.20.